The minimum absolute atomic E-state index is 0.0978. The molecule has 3 nitrogen and oxygen atoms in total. The Bertz CT molecular complexity index is 523. The van der Waals surface area contributed by atoms with Gasteiger partial charge >= 0.3 is 0 Å². The van der Waals surface area contributed by atoms with Gasteiger partial charge in [0.2, 0.25) is 0 Å². The van der Waals surface area contributed by atoms with E-state index in [1.54, 1.807) is 6.07 Å². The van der Waals surface area contributed by atoms with E-state index in [0.29, 0.717) is 12.1 Å². The topological polar surface area (TPSA) is 44.9 Å². The van der Waals surface area contributed by atoms with Crippen molar-refractivity contribution in [1.29, 1.82) is 0 Å². The van der Waals surface area contributed by atoms with Crippen LogP contribution in [0.4, 0.5) is 0 Å². The van der Waals surface area contributed by atoms with Gasteiger partial charge < -0.3 is 10.3 Å². The van der Waals surface area contributed by atoms with Crippen LogP contribution in [0.15, 0.2) is 45.6 Å². The number of amides is 1. The lowest BCUT2D eigenvalue weighted by Gasteiger charge is -2.06. The van der Waals surface area contributed by atoms with Crippen LogP contribution in [0.3, 0.4) is 0 Å². The van der Waals surface area contributed by atoms with Gasteiger partial charge in [0, 0.05) is 27.9 Å². The van der Waals surface area contributed by atoms with Crippen molar-refractivity contribution in [1.82, 2.24) is 10.3 Å². The zero-order chi connectivity index (χ0) is 12.3. The van der Waals surface area contributed by atoms with E-state index in [4.69, 9.17) is 0 Å². The number of benzene rings is 1. The number of hydrogen-bond acceptors (Lipinski definition) is 1. The molecule has 0 spiro atoms. The van der Waals surface area contributed by atoms with Gasteiger partial charge in [0.1, 0.15) is 0 Å². The molecule has 1 amide bonds. The van der Waals surface area contributed by atoms with Crippen molar-refractivity contribution in [2.24, 2.45) is 0 Å². The van der Waals surface area contributed by atoms with Crippen molar-refractivity contribution in [3.8, 4) is 0 Å². The van der Waals surface area contributed by atoms with Crippen LogP contribution in [0, 0.1) is 0 Å². The second-order valence-electron chi connectivity index (χ2n) is 3.53. The fraction of sp³-hybridized carbons (Fsp3) is 0.0833. The highest BCUT2D eigenvalue weighted by atomic mass is 79.9. The van der Waals surface area contributed by atoms with E-state index in [1.807, 2.05) is 30.6 Å². The summed E-state index contributed by atoms with van der Waals surface area (Å²) in [6.07, 6.45) is 3.69. The molecular weight excluding hydrogens is 348 g/mol. The lowest BCUT2D eigenvalue weighted by atomic mass is 10.2. The maximum Gasteiger partial charge on any atom is 0.252 e. The maximum absolute atomic E-state index is 11.9. The fourth-order valence-electron chi connectivity index (χ4n) is 1.42. The van der Waals surface area contributed by atoms with Crippen LogP contribution in [0.25, 0.3) is 0 Å². The lowest BCUT2D eigenvalue weighted by Crippen LogP contribution is -2.22. The van der Waals surface area contributed by atoms with E-state index in [-0.39, 0.29) is 5.91 Å². The van der Waals surface area contributed by atoms with Crippen LogP contribution in [0.5, 0.6) is 0 Å². The number of carbonyl (C=O) groups is 1. The Morgan fingerprint density at radius 1 is 1.29 bits per heavy atom. The molecule has 0 atom stereocenters. The van der Waals surface area contributed by atoms with Gasteiger partial charge in [-0.05, 0) is 45.8 Å². The van der Waals surface area contributed by atoms with Crippen LogP contribution >= 0.6 is 31.9 Å². The molecule has 88 valence electrons. The summed E-state index contributed by atoms with van der Waals surface area (Å²) in [7, 11) is 0. The third-order valence-corrected chi connectivity index (χ3v) is 3.47. The maximum atomic E-state index is 11.9. The number of H-pyrrole nitrogens is 1. The van der Waals surface area contributed by atoms with E-state index in [0.717, 1.165) is 14.5 Å². The molecule has 1 aromatic heterocycles. The SMILES string of the molecule is O=C(NCc1cc[nH]c1)c1cc(Br)ccc1Br. The highest BCUT2D eigenvalue weighted by molar-refractivity contribution is 9.11. The molecular formula is C12H10Br2N2O. The summed E-state index contributed by atoms with van der Waals surface area (Å²) in [5, 5.41) is 2.86. The number of aromatic nitrogens is 1. The highest BCUT2D eigenvalue weighted by Crippen LogP contribution is 2.21. The Balaban J connectivity index is 2.07. The van der Waals surface area contributed by atoms with E-state index in [1.165, 1.54) is 0 Å². The number of halogens is 2. The molecule has 17 heavy (non-hydrogen) atoms. The summed E-state index contributed by atoms with van der Waals surface area (Å²) >= 11 is 6.71. The molecule has 0 saturated carbocycles. The van der Waals surface area contributed by atoms with Gasteiger partial charge in [-0.1, -0.05) is 15.9 Å². The van der Waals surface area contributed by atoms with Gasteiger partial charge in [0.25, 0.3) is 5.91 Å². The van der Waals surface area contributed by atoms with Crippen molar-refractivity contribution in [3.05, 3.63) is 56.7 Å². The molecule has 0 aliphatic heterocycles. The van der Waals surface area contributed by atoms with Crippen molar-refractivity contribution >= 4 is 37.8 Å². The van der Waals surface area contributed by atoms with E-state index in [2.05, 4.69) is 42.2 Å². The molecule has 0 bridgehead atoms. The van der Waals surface area contributed by atoms with Gasteiger partial charge in [-0.3, -0.25) is 4.79 Å². The van der Waals surface area contributed by atoms with Crippen molar-refractivity contribution in [2.75, 3.05) is 0 Å². The third kappa shape index (κ3) is 3.20. The molecule has 0 saturated heterocycles. The molecule has 0 aliphatic carbocycles. The fourth-order valence-corrected chi connectivity index (χ4v) is 2.21. The number of hydrogen-bond donors (Lipinski definition) is 2. The van der Waals surface area contributed by atoms with Gasteiger partial charge in [0.05, 0.1) is 5.56 Å². The number of carbonyl (C=O) groups excluding carboxylic acids is 1. The zero-order valence-corrected chi connectivity index (χ0v) is 12.0. The number of aromatic amines is 1. The average Bonchev–Trinajstić information content (AvgIpc) is 2.82. The molecule has 1 aromatic carbocycles. The first kappa shape index (κ1) is 12.4. The summed E-state index contributed by atoms with van der Waals surface area (Å²) in [4.78, 5) is 14.9. The quantitative estimate of drug-likeness (QED) is 0.867. The molecule has 2 aromatic rings. The van der Waals surface area contributed by atoms with Crippen molar-refractivity contribution in [2.45, 2.75) is 6.54 Å². The second kappa shape index (κ2) is 5.51. The molecule has 1 heterocycles. The van der Waals surface area contributed by atoms with Crippen LogP contribution in [0.2, 0.25) is 0 Å². The van der Waals surface area contributed by atoms with Gasteiger partial charge in [0.15, 0.2) is 0 Å². The predicted molar refractivity (Wildman–Crippen MR) is 73.8 cm³/mol. The molecule has 5 heteroatoms. The van der Waals surface area contributed by atoms with Crippen molar-refractivity contribution in [3.63, 3.8) is 0 Å². The van der Waals surface area contributed by atoms with E-state index < -0.39 is 0 Å². The molecule has 0 unspecified atom stereocenters. The minimum Gasteiger partial charge on any atom is -0.367 e. The van der Waals surface area contributed by atoms with Crippen LogP contribution < -0.4 is 5.32 Å². The minimum atomic E-state index is -0.0978. The van der Waals surface area contributed by atoms with Gasteiger partial charge in [-0.25, -0.2) is 0 Å². The summed E-state index contributed by atoms with van der Waals surface area (Å²) in [5.74, 6) is -0.0978. The first-order valence-electron chi connectivity index (χ1n) is 5.02. The Kier molecular flexibility index (Phi) is 4.02. The number of nitrogens with one attached hydrogen (secondary N) is 2. The standard InChI is InChI=1S/C12H10Br2N2O/c13-9-1-2-11(14)10(5-9)12(17)16-7-8-3-4-15-6-8/h1-6,15H,7H2,(H,16,17). The largest absolute Gasteiger partial charge is 0.367 e. The molecule has 2 rings (SSSR count). The van der Waals surface area contributed by atoms with Crippen LogP contribution in [-0.4, -0.2) is 10.9 Å². The van der Waals surface area contributed by atoms with Gasteiger partial charge in [-0.2, -0.15) is 0 Å². The highest BCUT2D eigenvalue weighted by Gasteiger charge is 2.10. The molecule has 0 radical (unpaired) electrons. The molecule has 2 N–H and O–H groups in total. The first-order chi connectivity index (χ1) is 8.16. The Hall–Kier alpha value is -1.07. The molecule has 0 aliphatic rings. The first-order valence-corrected chi connectivity index (χ1v) is 6.60. The van der Waals surface area contributed by atoms with Crippen LogP contribution in [-0.2, 0) is 6.54 Å². The van der Waals surface area contributed by atoms with Gasteiger partial charge in [-0.15, -0.1) is 0 Å². The van der Waals surface area contributed by atoms with E-state index >= 15 is 0 Å². The van der Waals surface area contributed by atoms with Crippen molar-refractivity contribution < 1.29 is 4.79 Å². The summed E-state index contributed by atoms with van der Waals surface area (Å²) in [5.41, 5.74) is 1.67. The lowest BCUT2D eigenvalue weighted by molar-refractivity contribution is 0.0950. The smallest absolute Gasteiger partial charge is 0.252 e. The predicted octanol–water partition coefficient (Wildman–Crippen LogP) is 3.47. The summed E-state index contributed by atoms with van der Waals surface area (Å²) in [6.45, 7) is 0.515. The Morgan fingerprint density at radius 2 is 2.12 bits per heavy atom. The van der Waals surface area contributed by atoms with E-state index in [9.17, 15) is 4.79 Å². The normalized spacial score (nSPS) is 10.2. The molecule has 0 fully saturated rings. The third-order valence-electron chi connectivity index (χ3n) is 2.29. The zero-order valence-electron chi connectivity index (χ0n) is 8.84. The number of rotatable bonds is 3. The monoisotopic (exact) mass is 356 g/mol. The van der Waals surface area contributed by atoms with Crippen LogP contribution in [0.1, 0.15) is 15.9 Å². The second-order valence-corrected chi connectivity index (χ2v) is 5.30. The summed E-state index contributed by atoms with van der Waals surface area (Å²) in [6, 6.07) is 7.44. The Labute approximate surface area is 116 Å². The Morgan fingerprint density at radius 3 is 2.82 bits per heavy atom. The summed E-state index contributed by atoms with van der Waals surface area (Å²) < 4.78 is 1.67. The average molecular weight is 358 g/mol.